The molecule has 0 spiro atoms. The maximum absolute atomic E-state index is 12.8. The van der Waals surface area contributed by atoms with Crippen LogP contribution in [0.15, 0.2) is 64.3 Å². The topological polar surface area (TPSA) is 138 Å². The lowest BCUT2D eigenvalue weighted by atomic mass is 10.1. The molecule has 0 unspecified atom stereocenters. The number of aromatic amines is 1. The van der Waals surface area contributed by atoms with Crippen molar-refractivity contribution >= 4 is 21.7 Å². The highest BCUT2D eigenvalue weighted by atomic mass is 32.2. The van der Waals surface area contributed by atoms with E-state index in [-0.39, 0.29) is 23.5 Å². The van der Waals surface area contributed by atoms with Crippen molar-refractivity contribution < 1.29 is 23.1 Å². The van der Waals surface area contributed by atoms with Crippen molar-refractivity contribution in [3.05, 3.63) is 70.5 Å². The molecule has 1 heterocycles. The van der Waals surface area contributed by atoms with Gasteiger partial charge in [-0.15, -0.1) is 0 Å². The number of carboxylic acid groups (broad SMARTS) is 1. The predicted molar refractivity (Wildman–Crippen MR) is 115 cm³/mol. The third-order valence-electron chi connectivity index (χ3n) is 4.34. The number of H-pyrrole nitrogens is 1. The zero-order chi connectivity index (χ0) is 22.4. The first-order chi connectivity index (χ1) is 14.7. The fourth-order valence-corrected chi connectivity index (χ4v) is 3.95. The fraction of sp³-hybridized carbons (Fsp3) is 0.190. The summed E-state index contributed by atoms with van der Waals surface area (Å²) in [5.41, 5.74) is 1.77. The van der Waals surface area contributed by atoms with Crippen molar-refractivity contribution in [3.8, 4) is 17.0 Å². The normalized spacial score (nSPS) is 11.1. The van der Waals surface area contributed by atoms with E-state index < -0.39 is 16.0 Å². The summed E-state index contributed by atoms with van der Waals surface area (Å²) < 4.78 is 33.7. The summed E-state index contributed by atoms with van der Waals surface area (Å²) in [6, 6.07) is 14.0. The fourth-order valence-electron chi connectivity index (χ4n) is 2.82. The molecule has 0 aliphatic carbocycles. The van der Waals surface area contributed by atoms with Gasteiger partial charge in [0.25, 0.3) is 15.6 Å². The summed E-state index contributed by atoms with van der Waals surface area (Å²) >= 11 is 0. The highest BCUT2D eigenvalue weighted by Crippen LogP contribution is 2.25. The van der Waals surface area contributed by atoms with E-state index in [1.165, 1.54) is 18.2 Å². The lowest BCUT2D eigenvalue weighted by Gasteiger charge is -2.12. The number of hydrogen-bond acceptors (Lipinski definition) is 6. The lowest BCUT2D eigenvalue weighted by Crippen LogP contribution is -2.13. The van der Waals surface area contributed by atoms with Gasteiger partial charge in [-0.1, -0.05) is 12.1 Å². The molecule has 0 aliphatic heterocycles. The van der Waals surface area contributed by atoms with Gasteiger partial charge in [0.05, 0.1) is 17.2 Å². The first-order valence-corrected chi connectivity index (χ1v) is 10.9. The number of hydrogen-bond donors (Lipinski definition) is 3. The van der Waals surface area contributed by atoms with Crippen molar-refractivity contribution in [2.45, 2.75) is 24.7 Å². The zero-order valence-corrected chi connectivity index (χ0v) is 17.5. The second-order valence-corrected chi connectivity index (χ2v) is 8.45. The van der Waals surface area contributed by atoms with Crippen LogP contribution >= 0.6 is 0 Å². The van der Waals surface area contributed by atoms with Crippen LogP contribution in [0.25, 0.3) is 11.3 Å². The first-order valence-electron chi connectivity index (χ1n) is 9.39. The van der Waals surface area contributed by atoms with E-state index in [1.54, 1.807) is 43.3 Å². The average molecular weight is 443 g/mol. The Kier molecular flexibility index (Phi) is 6.71. The number of carbonyl (C=O) groups is 1. The number of anilines is 1. The van der Waals surface area contributed by atoms with Gasteiger partial charge in [-0.05, 0) is 55.3 Å². The number of sulfonamides is 1. The van der Waals surface area contributed by atoms with Crippen molar-refractivity contribution in [2.75, 3.05) is 11.3 Å². The van der Waals surface area contributed by atoms with Crippen LogP contribution in [0, 0.1) is 6.92 Å². The van der Waals surface area contributed by atoms with Gasteiger partial charge < -0.3 is 9.84 Å². The molecule has 0 atom stereocenters. The Labute approximate surface area is 178 Å². The molecule has 10 heteroatoms. The highest BCUT2D eigenvalue weighted by Gasteiger charge is 2.16. The maximum atomic E-state index is 12.8. The standard InChI is InChI=1S/C21H21N3O6S/c1-14-12-17(7-9-19(14)30-11-3-6-21(26)27)31(28,29)24-16-5-2-4-15(13-16)18-8-10-20(25)23-22-18/h2,4-5,7-10,12-13,24H,3,6,11H2,1H3,(H,23,25)(H,26,27). The number of aryl methyl sites for hydroxylation is 1. The van der Waals surface area contributed by atoms with Crippen LogP contribution < -0.4 is 15.0 Å². The molecule has 3 N–H and O–H groups in total. The number of aliphatic carboxylic acids is 1. The summed E-state index contributed by atoms with van der Waals surface area (Å²) in [4.78, 5) is 21.8. The number of nitrogens with zero attached hydrogens (tertiary/aromatic N) is 1. The zero-order valence-electron chi connectivity index (χ0n) is 16.7. The van der Waals surface area contributed by atoms with Crippen LogP contribution in [0.1, 0.15) is 18.4 Å². The quantitative estimate of drug-likeness (QED) is 0.432. The minimum absolute atomic E-state index is 0.00305. The Morgan fingerprint density at radius 3 is 2.65 bits per heavy atom. The predicted octanol–water partition coefficient (Wildman–Crippen LogP) is 2.79. The van der Waals surface area contributed by atoms with E-state index in [0.717, 1.165) is 0 Å². The second kappa shape index (κ2) is 9.43. The number of ether oxygens (including phenoxy) is 1. The van der Waals surface area contributed by atoms with Crippen LogP contribution in [-0.2, 0) is 14.8 Å². The van der Waals surface area contributed by atoms with E-state index >= 15 is 0 Å². The second-order valence-electron chi connectivity index (χ2n) is 6.77. The molecular formula is C21H21N3O6S. The highest BCUT2D eigenvalue weighted by molar-refractivity contribution is 7.92. The van der Waals surface area contributed by atoms with Crippen molar-refractivity contribution in [3.63, 3.8) is 0 Å². The van der Waals surface area contributed by atoms with E-state index in [0.29, 0.717) is 34.7 Å². The summed E-state index contributed by atoms with van der Waals surface area (Å²) in [6.07, 6.45) is 0.361. The van der Waals surface area contributed by atoms with Gasteiger partial charge in [-0.3, -0.25) is 14.3 Å². The largest absolute Gasteiger partial charge is 0.493 e. The molecule has 31 heavy (non-hydrogen) atoms. The minimum Gasteiger partial charge on any atom is -0.493 e. The van der Waals surface area contributed by atoms with Gasteiger partial charge in [0.1, 0.15) is 5.75 Å². The third kappa shape index (κ3) is 5.92. The van der Waals surface area contributed by atoms with Gasteiger partial charge in [0, 0.05) is 23.7 Å². The van der Waals surface area contributed by atoms with Crippen molar-refractivity contribution in [1.29, 1.82) is 0 Å². The molecule has 2 aromatic carbocycles. The summed E-state index contributed by atoms with van der Waals surface area (Å²) in [5, 5.41) is 14.9. The molecule has 0 aliphatic rings. The van der Waals surface area contributed by atoms with E-state index in [9.17, 15) is 18.0 Å². The molecule has 0 amide bonds. The van der Waals surface area contributed by atoms with Crippen molar-refractivity contribution in [2.24, 2.45) is 0 Å². The number of rotatable bonds is 9. The number of benzene rings is 2. The third-order valence-corrected chi connectivity index (χ3v) is 5.72. The summed E-state index contributed by atoms with van der Waals surface area (Å²) in [7, 11) is -3.86. The van der Waals surface area contributed by atoms with Crippen molar-refractivity contribution in [1.82, 2.24) is 10.2 Å². The van der Waals surface area contributed by atoms with E-state index in [1.807, 2.05) is 0 Å². The minimum atomic E-state index is -3.86. The van der Waals surface area contributed by atoms with Gasteiger partial charge >= 0.3 is 5.97 Å². The van der Waals surface area contributed by atoms with Gasteiger partial charge in [-0.2, -0.15) is 5.10 Å². The Morgan fingerprint density at radius 1 is 1.16 bits per heavy atom. The van der Waals surface area contributed by atoms with Crippen LogP contribution in [0.4, 0.5) is 5.69 Å². The lowest BCUT2D eigenvalue weighted by molar-refractivity contribution is -0.137. The van der Waals surface area contributed by atoms with Crippen LogP contribution in [0.3, 0.4) is 0 Å². The molecule has 0 saturated carbocycles. The number of nitrogens with one attached hydrogen (secondary N) is 2. The summed E-state index contributed by atoms with van der Waals surface area (Å²) in [5.74, 6) is -0.399. The first kappa shape index (κ1) is 22.0. The number of aromatic nitrogens is 2. The molecule has 1 aromatic heterocycles. The van der Waals surface area contributed by atoms with Crippen LogP contribution in [-0.4, -0.2) is 36.3 Å². The van der Waals surface area contributed by atoms with Crippen LogP contribution in [0.5, 0.6) is 5.75 Å². The molecule has 3 rings (SSSR count). The molecule has 9 nitrogen and oxygen atoms in total. The van der Waals surface area contributed by atoms with Gasteiger partial charge in [0.15, 0.2) is 0 Å². The van der Waals surface area contributed by atoms with Gasteiger partial charge in [0.2, 0.25) is 0 Å². The Bertz CT molecular complexity index is 1230. The summed E-state index contributed by atoms with van der Waals surface area (Å²) in [6.45, 7) is 1.94. The molecular weight excluding hydrogens is 422 g/mol. The number of carboxylic acids is 1. The Hall–Kier alpha value is -3.66. The van der Waals surface area contributed by atoms with Gasteiger partial charge in [-0.25, -0.2) is 13.5 Å². The SMILES string of the molecule is Cc1cc(S(=O)(=O)Nc2cccc(-c3ccc(=O)[nH]n3)c2)ccc1OCCCC(=O)O. The molecule has 0 fully saturated rings. The smallest absolute Gasteiger partial charge is 0.303 e. The van der Waals surface area contributed by atoms with E-state index in [2.05, 4.69) is 14.9 Å². The maximum Gasteiger partial charge on any atom is 0.303 e. The molecule has 0 bridgehead atoms. The molecule has 0 radical (unpaired) electrons. The van der Waals surface area contributed by atoms with E-state index in [4.69, 9.17) is 9.84 Å². The monoisotopic (exact) mass is 443 g/mol. The Balaban J connectivity index is 1.74. The Morgan fingerprint density at radius 2 is 1.97 bits per heavy atom. The molecule has 3 aromatic rings. The van der Waals surface area contributed by atoms with Crippen LogP contribution in [0.2, 0.25) is 0 Å². The molecule has 0 saturated heterocycles. The average Bonchev–Trinajstić information content (AvgIpc) is 2.72. The molecule has 162 valence electrons.